The van der Waals surface area contributed by atoms with E-state index >= 15 is 0 Å². The Hall–Kier alpha value is -1.18. The first-order valence-corrected chi connectivity index (χ1v) is 11.1. The molecule has 1 aromatic carbocycles. The van der Waals surface area contributed by atoms with E-state index in [2.05, 4.69) is 10.8 Å². The van der Waals surface area contributed by atoms with Crippen molar-refractivity contribution in [3.8, 4) is 0 Å². The third-order valence-corrected chi connectivity index (χ3v) is 7.35. The lowest BCUT2D eigenvalue weighted by molar-refractivity contribution is -0.126. The maximum atomic E-state index is 13.4. The number of fused-ring (bicyclic) bond motifs is 1. The molecule has 2 atom stereocenters. The van der Waals surface area contributed by atoms with Crippen molar-refractivity contribution in [3.63, 3.8) is 0 Å². The fraction of sp³-hybridized carbons (Fsp3) is 0.667. The van der Waals surface area contributed by atoms with Crippen molar-refractivity contribution in [2.75, 3.05) is 11.4 Å². The Morgan fingerprint density at radius 1 is 1.32 bits per heavy atom. The van der Waals surface area contributed by atoms with Crippen molar-refractivity contribution < 1.29 is 18.1 Å². The second-order valence-electron chi connectivity index (χ2n) is 8.98. The van der Waals surface area contributed by atoms with Crippen molar-refractivity contribution in [1.82, 2.24) is 4.72 Å². The number of carbonyl (C=O) groups excluding carboxylic acids is 1. The molecule has 0 bridgehead atoms. The van der Waals surface area contributed by atoms with E-state index in [-0.39, 0.29) is 48.3 Å². The number of hydrogen-bond acceptors (Lipinski definition) is 3. The lowest BCUT2D eigenvalue weighted by Crippen LogP contribution is -2.40. The normalized spacial score (nSPS) is 22.0. The van der Waals surface area contributed by atoms with Crippen LogP contribution in [0.3, 0.4) is 0 Å². The van der Waals surface area contributed by atoms with Crippen LogP contribution in [-0.4, -0.2) is 27.7 Å². The molecule has 1 N–H and O–H groups in total. The highest BCUT2D eigenvalue weighted by Crippen LogP contribution is 2.39. The Kier molecular flexibility index (Phi) is 6.09. The first-order chi connectivity index (χ1) is 13.0. The predicted octanol–water partition coefficient (Wildman–Crippen LogP) is 4.51. The van der Waals surface area contributed by atoms with E-state index < -0.39 is 17.3 Å². The fourth-order valence-corrected chi connectivity index (χ4v) is 4.64. The van der Waals surface area contributed by atoms with E-state index in [0.29, 0.717) is 6.54 Å². The zero-order chi connectivity index (χ0) is 20.7. The molecule has 1 fully saturated rings. The highest BCUT2D eigenvalue weighted by molar-refractivity contribution is 7.90. The Balaban J connectivity index is 1.68. The third-order valence-electron chi connectivity index (χ3n) is 5.67. The highest BCUT2D eigenvalue weighted by atomic mass is 32.2. The molecule has 3 rings (SSSR count). The van der Waals surface area contributed by atoms with Gasteiger partial charge in [0.1, 0.15) is 4.75 Å². The second kappa shape index (κ2) is 7.92. The van der Waals surface area contributed by atoms with E-state index in [1.165, 1.54) is 0 Å². The van der Waals surface area contributed by atoms with Gasteiger partial charge in [-0.3, -0.25) is 4.79 Å². The molecule has 156 valence electrons. The molecule has 28 heavy (non-hydrogen) atoms. The number of amides is 1. The van der Waals surface area contributed by atoms with E-state index in [9.17, 15) is 18.1 Å². The smallest absolute Gasteiger partial charge is 0.248 e. The summed E-state index contributed by atoms with van der Waals surface area (Å²) >= 11 is -1.17. The number of alkyl halides is 2. The Bertz CT molecular complexity index is 726. The molecule has 1 heterocycles. The number of hydrogen-bond donors (Lipinski definition) is 1. The van der Waals surface area contributed by atoms with Gasteiger partial charge in [0.05, 0.1) is 6.04 Å². The molecule has 1 aliphatic carbocycles. The average molecular weight is 413 g/mol. The van der Waals surface area contributed by atoms with Crippen molar-refractivity contribution in [2.45, 2.75) is 76.5 Å². The number of halogens is 2. The van der Waals surface area contributed by atoms with E-state index in [0.717, 1.165) is 23.2 Å². The Morgan fingerprint density at radius 2 is 1.96 bits per heavy atom. The molecule has 0 spiro atoms. The lowest BCUT2D eigenvalue weighted by Gasteiger charge is -2.30. The zero-order valence-electron chi connectivity index (χ0n) is 17.1. The number of rotatable bonds is 4. The summed E-state index contributed by atoms with van der Waals surface area (Å²) in [5, 5.41) is 0. The first kappa shape index (κ1) is 21.5. The van der Waals surface area contributed by atoms with Crippen LogP contribution in [0.5, 0.6) is 0 Å². The van der Waals surface area contributed by atoms with Crippen LogP contribution in [0.4, 0.5) is 14.5 Å². The standard InChI is InChI=1S/C21H30F2N2O2S/c1-14(24-28(27)20(2,3)4)16-5-6-18-17(13-16)9-12-25(18)19(26)15-7-10-21(22,23)11-8-15/h5-6,13-15,24H,7-12H2,1-4H3/t14-,28?/m1/s1. The predicted molar refractivity (Wildman–Crippen MR) is 109 cm³/mol. The van der Waals surface area contributed by atoms with Crippen LogP contribution in [-0.2, 0) is 22.6 Å². The Morgan fingerprint density at radius 3 is 2.57 bits per heavy atom. The van der Waals surface area contributed by atoms with Crippen LogP contribution in [0.2, 0.25) is 0 Å². The van der Waals surface area contributed by atoms with E-state index in [1.807, 2.05) is 39.8 Å². The number of nitrogens with one attached hydrogen (secondary N) is 1. The number of carbonyl (C=O) groups is 1. The SMILES string of the molecule is C[C@@H](N[S+]([O-])C(C)(C)C)c1ccc2c(c1)CCN2C(=O)C1CCC(F)(F)CC1. The summed E-state index contributed by atoms with van der Waals surface area (Å²) in [6.07, 6.45) is 0.881. The molecule has 0 saturated heterocycles. The van der Waals surface area contributed by atoms with Crippen molar-refractivity contribution in [2.24, 2.45) is 5.92 Å². The van der Waals surface area contributed by atoms with E-state index in [1.54, 1.807) is 4.90 Å². The zero-order valence-corrected chi connectivity index (χ0v) is 17.9. The summed E-state index contributed by atoms with van der Waals surface area (Å²) < 4.78 is 41.9. The monoisotopic (exact) mass is 412 g/mol. The average Bonchev–Trinajstić information content (AvgIpc) is 3.03. The molecule has 1 aromatic rings. The molecule has 0 aromatic heterocycles. The van der Waals surface area contributed by atoms with Crippen LogP contribution >= 0.6 is 0 Å². The van der Waals surface area contributed by atoms with Gasteiger partial charge in [-0.15, -0.1) is 4.72 Å². The summed E-state index contributed by atoms with van der Waals surface area (Å²) in [6.45, 7) is 8.36. The van der Waals surface area contributed by atoms with Crippen LogP contribution in [0.1, 0.15) is 70.5 Å². The second-order valence-corrected chi connectivity index (χ2v) is 11.0. The third kappa shape index (κ3) is 4.69. The highest BCUT2D eigenvalue weighted by Gasteiger charge is 2.40. The van der Waals surface area contributed by atoms with Crippen LogP contribution < -0.4 is 9.62 Å². The van der Waals surface area contributed by atoms with Crippen LogP contribution in [0.15, 0.2) is 18.2 Å². The molecule has 1 amide bonds. The van der Waals surface area contributed by atoms with E-state index in [4.69, 9.17) is 0 Å². The molecule has 1 aliphatic heterocycles. The summed E-state index contributed by atoms with van der Waals surface area (Å²) in [5.41, 5.74) is 3.00. The number of anilines is 1. The fourth-order valence-electron chi connectivity index (χ4n) is 3.83. The van der Waals surface area contributed by atoms with Crippen molar-refractivity contribution in [3.05, 3.63) is 29.3 Å². The van der Waals surface area contributed by atoms with Gasteiger partial charge >= 0.3 is 0 Å². The molecule has 7 heteroatoms. The van der Waals surface area contributed by atoms with Gasteiger partial charge in [0.15, 0.2) is 0 Å². The number of benzene rings is 1. The Labute approximate surface area is 169 Å². The van der Waals surface area contributed by atoms with Gasteiger partial charge in [0.25, 0.3) is 0 Å². The number of nitrogens with zero attached hydrogens (tertiary/aromatic N) is 1. The maximum absolute atomic E-state index is 13.4. The van der Waals surface area contributed by atoms with Gasteiger partial charge in [0.2, 0.25) is 11.8 Å². The lowest BCUT2D eigenvalue weighted by atomic mass is 9.86. The molecule has 0 radical (unpaired) electrons. The van der Waals surface area contributed by atoms with Crippen molar-refractivity contribution >= 4 is 23.0 Å². The molecular weight excluding hydrogens is 382 g/mol. The first-order valence-electron chi connectivity index (χ1n) is 9.98. The minimum Gasteiger partial charge on any atom is -0.598 e. The molecular formula is C21H30F2N2O2S. The van der Waals surface area contributed by atoms with Gasteiger partial charge in [0, 0.05) is 42.4 Å². The molecule has 2 aliphatic rings. The summed E-state index contributed by atoms with van der Waals surface area (Å²) in [4.78, 5) is 14.6. The summed E-state index contributed by atoms with van der Waals surface area (Å²) in [5.74, 6) is -2.95. The van der Waals surface area contributed by atoms with Gasteiger partial charge in [-0.2, -0.15) is 0 Å². The summed E-state index contributed by atoms with van der Waals surface area (Å²) in [6, 6.07) is 5.88. The van der Waals surface area contributed by atoms with Crippen LogP contribution in [0, 0.1) is 5.92 Å². The molecule has 1 unspecified atom stereocenters. The minimum absolute atomic E-state index is 0.0259. The molecule has 1 saturated carbocycles. The summed E-state index contributed by atoms with van der Waals surface area (Å²) in [7, 11) is 0. The van der Waals surface area contributed by atoms with Gasteiger partial charge in [-0.05, 0) is 64.2 Å². The largest absolute Gasteiger partial charge is 0.598 e. The minimum atomic E-state index is -2.62. The quantitative estimate of drug-likeness (QED) is 0.740. The van der Waals surface area contributed by atoms with Gasteiger partial charge in [-0.1, -0.05) is 12.1 Å². The molecule has 4 nitrogen and oxygen atoms in total. The topological polar surface area (TPSA) is 55.4 Å². The maximum Gasteiger partial charge on any atom is 0.248 e. The van der Waals surface area contributed by atoms with Gasteiger partial charge in [-0.25, -0.2) is 8.78 Å². The van der Waals surface area contributed by atoms with Gasteiger partial charge < -0.3 is 9.45 Å². The van der Waals surface area contributed by atoms with Crippen molar-refractivity contribution in [1.29, 1.82) is 0 Å². The van der Waals surface area contributed by atoms with Crippen LogP contribution in [0.25, 0.3) is 0 Å².